The van der Waals surface area contributed by atoms with Gasteiger partial charge < -0.3 is 10.5 Å². The quantitative estimate of drug-likeness (QED) is 0.424. The number of ether oxygens (including phenoxy) is 1. The fraction of sp³-hybridized carbons (Fsp3) is 0.222. The van der Waals surface area contributed by atoms with Crippen LogP contribution in [0.25, 0.3) is 6.08 Å². The zero-order valence-corrected chi connectivity index (χ0v) is 14.5. The highest BCUT2D eigenvalue weighted by Gasteiger charge is 2.20. The van der Waals surface area contributed by atoms with Gasteiger partial charge in [-0.25, -0.2) is 14.0 Å². The number of hydrogen-bond donors (Lipinski definition) is 2. The molecule has 0 saturated carbocycles. The largest absolute Gasteiger partial charge is 0.454 e. The Labute approximate surface area is 153 Å². The van der Waals surface area contributed by atoms with Gasteiger partial charge >= 0.3 is 11.7 Å². The van der Waals surface area contributed by atoms with E-state index in [-0.39, 0.29) is 12.4 Å². The number of aromatic amines is 1. The molecule has 1 aromatic heterocycles. The van der Waals surface area contributed by atoms with E-state index in [1.807, 2.05) is 4.98 Å². The lowest BCUT2D eigenvalue weighted by atomic mass is 10.2. The molecule has 9 heteroatoms. The molecule has 0 fully saturated rings. The van der Waals surface area contributed by atoms with E-state index < -0.39 is 41.0 Å². The Morgan fingerprint density at radius 1 is 1.33 bits per heavy atom. The fourth-order valence-corrected chi connectivity index (χ4v) is 2.33. The van der Waals surface area contributed by atoms with E-state index in [4.69, 9.17) is 10.5 Å². The van der Waals surface area contributed by atoms with Gasteiger partial charge in [0.1, 0.15) is 17.2 Å². The molecular formula is C18H18FN3O5. The van der Waals surface area contributed by atoms with Crippen LogP contribution in [0.5, 0.6) is 0 Å². The van der Waals surface area contributed by atoms with Crippen LogP contribution in [-0.4, -0.2) is 27.9 Å². The molecule has 0 amide bonds. The number of rotatable bonds is 7. The van der Waals surface area contributed by atoms with Crippen molar-refractivity contribution in [2.75, 3.05) is 12.3 Å². The second-order valence-electron chi connectivity index (χ2n) is 5.59. The molecule has 142 valence electrons. The van der Waals surface area contributed by atoms with Crippen LogP contribution in [-0.2, 0) is 16.1 Å². The van der Waals surface area contributed by atoms with Crippen LogP contribution in [0.1, 0.15) is 29.3 Å². The number of nitrogens with two attached hydrogens (primary N) is 1. The topological polar surface area (TPSA) is 124 Å². The highest BCUT2D eigenvalue weighted by Crippen LogP contribution is 2.07. The van der Waals surface area contributed by atoms with E-state index in [0.717, 1.165) is 10.6 Å². The number of halogens is 1. The Balaban J connectivity index is 2.09. The van der Waals surface area contributed by atoms with Crippen LogP contribution in [0.4, 0.5) is 10.2 Å². The van der Waals surface area contributed by atoms with Crippen LogP contribution >= 0.6 is 0 Å². The number of Topliss-reactive ketones (excluding diaryl/α,β-unsaturated/α-hetero) is 1. The Bertz CT molecular complexity index is 1010. The molecular weight excluding hydrogens is 357 g/mol. The summed E-state index contributed by atoms with van der Waals surface area (Å²) in [7, 11) is 0. The molecule has 0 bridgehead atoms. The van der Waals surface area contributed by atoms with Crippen molar-refractivity contribution < 1.29 is 18.7 Å². The van der Waals surface area contributed by atoms with Gasteiger partial charge in [-0.15, -0.1) is 0 Å². The minimum atomic E-state index is -0.943. The van der Waals surface area contributed by atoms with Crippen molar-refractivity contribution in [3.8, 4) is 0 Å². The van der Waals surface area contributed by atoms with Gasteiger partial charge in [0, 0.05) is 12.6 Å². The standard InChI is InChI=1S/C18H18FN3O5/c1-2-8-22-16(20)15(17(25)21-18(22)26)13(23)10-27-14(24)7-6-11-4-3-5-12(19)9-11/h3-7,9H,2,8,10,20H2,1H3,(H,21,25,26)/b7-6+. The van der Waals surface area contributed by atoms with Crippen molar-refractivity contribution in [2.45, 2.75) is 19.9 Å². The molecule has 0 saturated heterocycles. The van der Waals surface area contributed by atoms with Crippen molar-refractivity contribution in [1.29, 1.82) is 0 Å². The summed E-state index contributed by atoms with van der Waals surface area (Å²) in [6, 6.07) is 5.53. The van der Waals surface area contributed by atoms with E-state index >= 15 is 0 Å². The average Bonchev–Trinajstić information content (AvgIpc) is 2.61. The van der Waals surface area contributed by atoms with Crippen LogP contribution in [0.2, 0.25) is 0 Å². The number of esters is 1. The third kappa shape index (κ3) is 5.00. The highest BCUT2D eigenvalue weighted by atomic mass is 19.1. The van der Waals surface area contributed by atoms with Gasteiger partial charge in [-0.3, -0.25) is 19.1 Å². The third-order valence-electron chi connectivity index (χ3n) is 3.57. The monoisotopic (exact) mass is 375 g/mol. The number of hydrogen-bond acceptors (Lipinski definition) is 6. The van der Waals surface area contributed by atoms with Gasteiger partial charge in [-0.05, 0) is 30.2 Å². The molecule has 8 nitrogen and oxygen atoms in total. The molecule has 2 aromatic rings. The molecule has 3 N–H and O–H groups in total. The molecule has 2 rings (SSSR count). The number of H-pyrrole nitrogens is 1. The summed E-state index contributed by atoms with van der Waals surface area (Å²) in [6.07, 6.45) is 2.90. The normalized spacial score (nSPS) is 10.9. The zero-order valence-electron chi connectivity index (χ0n) is 14.5. The Morgan fingerprint density at radius 3 is 2.74 bits per heavy atom. The SMILES string of the molecule is CCCn1c(N)c(C(=O)COC(=O)/C=C/c2cccc(F)c2)c(=O)[nH]c1=O. The fourth-order valence-electron chi connectivity index (χ4n) is 2.33. The summed E-state index contributed by atoms with van der Waals surface area (Å²) >= 11 is 0. The lowest BCUT2D eigenvalue weighted by Gasteiger charge is -2.10. The van der Waals surface area contributed by atoms with Crippen LogP contribution in [0, 0.1) is 5.82 Å². The number of nitrogen functional groups attached to an aromatic ring is 1. The first-order chi connectivity index (χ1) is 12.8. The average molecular weight is 375 g/mol. The summed E-state index contributed by atoms with van der Waals surface area (Å²) in [4.78, 5) is 49.5. The summed E-state index contributed by atoms with van der Waals surface area (Å²) in [5.41, 5.74) is 4.10. The first-order valence-electron chi connectivity index (χ1n) is 8.09. The maximum absolute atomic E-state index is 13.1. The number of nitrogens with zero attached hydrogens (tertiary/aromatic N) is 1. The number of aromatic nitrogens is 2. The van der Waals surface area contributed by atoms with Crippen molar-refractivity contribution in [1.82, 2.24) is 9.55 Å². The highest BCUT2D eigenvalue weighted by molar-refractivity contribution is 6.01. The molecule has 0 atom stereocenters. The minimum Gasteiger partial charge on any atom is -0.454 e. The van der Waals surface area contributed by atoms with Crippen molar-refractivity contribution in [3.05, 3.63) is 68.1 Å². The Kier molecular flexibility index (Phi) is 6.42. The number of ketones is 1. The summed E-state index contributed by atoms with van der Waals surface area (Å²) in [5.74, 6) is -2.44. The van der Waals surface area contributed by atoms with Gasteiger partial charge in [-0.2, -0.15) is 0 Å². The van der Waals surface area contributed by atoms with Crippen LogP contribution in [0.3, 0.4) is 0 Å². The van der Waals surface area contributed by atoms with Gasteiger partial charge in [0.05, 0.1) is 0 Å². The molecule has 0 aliphatic carbocycles. The first-order valence-corrected chi connectivity index (χ1v) is 8.09. The lowest BCUT2D eigenvalue weighted by Crippen LogP contribution is -2.37. The minimum absolute atomic E-state index is 0.220. The molecule has 0 spiro atoms. The number of anilines is 1. The predicted molar refractivity (Wildman–Crippen MR) is 96.7 cm³/mol. The van der Waals surface area contributed by atoms with Crippen LogP contribution < -0.4 is 17.0 Å². The molecule has 1 aromatic carbocycles. The Morgan fingerprint density at radius 2 is 2.07 bits per heavy atom. The number of benzene rings is 1. The van der Waals surface area contributed by atoms with E-state index in [1.54, 1.807) is 13.0 Å². The Hall–Kier alpha value is -3.49. The van der Waals surface area contributed by atoms with Crippen molar-refractivity contribution in [2.24, 2.45) is 0 Å². The molecule has 1 heterocycles. The van der Waals surface area contributed by atoms with Gasteiger partial charge in [-0.1, -0.05) is 19.1 Å². The zero-order chi connectivity index (χ0) is 20.0. The number of nitrogens with one attached hydrogen (secondary N) is 1. The maximum Gasteiger partial charge on any atom is 0.331 e. The second kappa shape index (κ2) is 8.75. The summed E-state index contributed by atoms with van der Waals surface area (Å²) in [5, 5.41) is 0. The number of carbonyl (C=O) groups excluding carboxylic acids is 2. The van der Waals surface area contributed by atoms with Gasteiger partial charge in [0.2, 0.25) is 5.78 Å². The van der Waals surface area contributed by atoms with Crippen LogP contribution in [0.15, 0.2) is 39.9 Å². The van der Waals surface area contributed by atoms with E-state index in [0.29, 0.717) is 12.0 Å². The molecule has 0 aliphatic heterocycles. The molecule has 27 heavy (non-hydrogen) atoms. The first kappa shape index (κ1) is 19.8. The molecule has 0 radical (unpaired) electrons. The van der Waals surface area contributed by atoms with E-state index in [9.17, 15) is 23.6 Å². The molecule has 0 aliphatic rings. The van der Waals surface area contributed by atoms with E-state index in [2.05, 4.69) is 0 Å². The number of carbonyl (C=O) groups is 2. The van der Waals surface area contributed by atoms with Crippen molar-refractivity contribution in [3.63, 3.8) is 0 Å². The maximum atomic E-state index is 13.1. The van der Waals surface area contributed by atoms with Gasteiger partial charge in [0.25, 0.3) is 5.56 Å². The summed E-state index contributed by atoms with van der Waals surface area (Å²) < 4.78 is 18.9. The van der Waals surface area contributed by atoms with Crippen molar-refractivity contribution >= 4 is 23.6 Å². The third-order valence-corrected chi connectivity index (χ3v) is 3.57. The lowest BCUT2D eigenvalue weighted by molar-refractivity contribution is -0.136. The second-order valence-corrected chi connectivity index (χ2v) is 5.59. The van der Waals surface area contributed by atoms with Gasteiger partial charge in [0.15, 0.2) is 6.61 Å². The predicted octanol–water partition coefficient (Wildman–Crippen LogP) is 1.11. The summed E-state index contributed by atoms with van der Waals surface area (Å²) in [6.45, 7) is 1.28. The smallest absolute Gasteiger partial charge is 0.331 e. The molecule has 0 unspecified atom stereocenters. The van der Waals surface area contributed by atoms with E-state index in [1.165, 1.54) is 24.3 Å².